The van der Waals surface area contributed by atoms with E-state index in [0.717, 1.165) is 12.8 Å². The first kappa shape index (κ1) is 25.2. The topological polar surface area (TPSA) is 55.4 Å². The first-order valence-electron chi connectivity index (χ1n) is 9.75. The summed E-state index contributed by atoms with van der Waals surface area (Å²) in [7, 11) is 0. The smallest absolute Gasteiger partial charge is 0.325 e. The summed E-state index contributed by atoms with van der Waals surface area (Å²) in [5, 5.41) is 2.58. The van der Waals surface area contributed by atoms with Crippen LogP contribution in [-0.2, 0) is 14.3 Å². The van der Waals surface area contributed by atoms with Gasteiger partial charge in [-0.3, -0.25) is 9.59 Å². The molecule has 0 aliphatic rings. The first-order chi connectivity index (χ1) is 11.3. The molecule has 0 saturated heterocycles. The van der Waals surface area contributed by atoms with Gasteiger partial charge in [0.05, 0.1) is 0 Å². The van der Waals surface area contributed by atoms with E-state index in [4.69, 9.17) is 4.74 Å². The van der Waals surface area contributed by atoms with Crippen molar-refractivity contribution in [2.75, 3.05) is 6.54 Å². The van der Waals surface area contributed by atoms with Crippen LogP contribution in [0.4, 0.5) is 0 Å². The van der Waals surface area contributed by atoms with Crippen molar-refractivity contribution in [1.82, 2.24) is 5.32 Å². The molecule has 0 bridgehead atoms. The minimum atomic E-state index is -0.498. The Labute approximate surface area is 150 Å². The quantitative estimate of drug-likeness (QED) is 0.404. The predicted octanol–water partition coefficient (Wildman–Crippen LogP) is 5.39. The Hall–Kier alpha value is -1.06. The Balaban J connectivity index is 0. The highest BCUT2D eigenvalue weighted by Crippen LogP contribution is 2.07. The standard InChI is InChI=1S/C14H27NO3.C6H14/c1-5-6-7-8-9-10-12(16)15-11-13(17)18-14(2,3)4;1-3-5-6-4-2/h5-11H2,1-4H3,(H,15,16);3-6H2,1-2H3. The van der Waals surface area contributed by atoms with Gasteiger partial charge < -0.3 is 10.1 Å². The Morgan fingerprint density at radius 1 is 0.792 bits per heavy atom. The van der Waals surface area contributed by atoms with E-state index in [9.17, 15) is 9.59 Å². The summed E-state index contributed by atoms with van der Waals surface area (Å²) in [6.45, 7) is 12.0. The Bertz CT molecular complexity index is 304. The zero-order chi connectivity index (χ0) is 18.8. The van der Waals surface area contributed by atoms with Gasteiger partial charge in [-0.05, 0) is 27.2 Å². The number of esters is 1. The van der Waals surface area contributed by atoms with Crippen LogP contribution in [0, 0.1) is 0 Å². The molecule has 0 fully saturated rings. The average molecular weight is 344 g/mol. The molecule has 0 saturated carbocycles. The summed E-state index contributed by atoms with van der Waals surface area (Å²) in [6.07, 6.45) is 11.6. The SMILES string of the molecule is CCCCCC.CCCCCCCC(=O)NCC(=O)OC(C)(C)C. The Morgan fingerprint density at radius 2 is 1.25 bits per heavy atom. The summed E-state index contributed by atoms with van der Waals surface area (Å²) in [5.41, 5.74) is -0.498. The molecule has 0 rings (SSSR count). The lowest BCUT2D eigenvalue weighted by Crippen LogP contribution is -2.34. The second-order valence-corrected chi connectivity index (χ2v) is 7.23. The van der Waals surface area contributed by atoms with Crippen LogP contribution < -0.4 is 5.32 Å². The van der Waals surface area contributed by atoms with Crippen molar-refractivity contribution in [3.05, 3.63) is 0 Å². The van der Waals surface area contributed by atoms with Crippen molar-refractivity contribution >= 4 is 11.9 Å². The van der Waals surface area contributed by atoms with E-state index in [2.05, 4.69) is 26.1 Å². The zero-order valence-electron chi connectivity index (χ0n) is 17.0. The first-order valence-corrected chi connectivity index (χ1v) is 9.75. The van der Waals surface area contributed by atoms with Crippen molar-refractivity contribution in [2.24, 2.45) is 0 Å². The molecule has 0 aliphatic carbocycles. The molecule has 0 radical (unpaired) electrons. The van der Waals surface area contributed by atoms with Gasteiger partial charge in [0.2, 0.25) is 5.91 Å². The number of hydrogen-bond donors (Lipinski definition) is 1. The molecule has 24 heavy (non-hydrogen) atoms. The van der Waals surface area contributed by atoms with Gasteiger partial charge in [0, 0.05) is 6.42 Å². The van der Waals surface area contributed by atoms with Crippen LogP contribution >= 0.6 is 0 Å². The Morgan fingerprint density at radius 3 is 1.71 bits per heavy atom. The highest BCUT2D eigenvalue weighted by Gasteiger charge is 2.16. The number of amides is 1. The van der Waals surface area contributed by atoms with Gasteiger partial charge in [-0.2, -0.15) is 0 Å². The molecule has 0 spiro atoms. The van der Waals surface area contributed by atoms with Gasteiger partial charge in [0.25, 0.3) is 0 Å². The molecule has 144 valence electrons. The highest BCUT2D eigenvalue weighted by molar-refractivity contribution is 5.81. The molecule has 0 atom stereocenters. The zero-order valence-corrected chi connectivity index (χ0v) is 17.0. The largest absolute Gasteiger partial charge is 0.459 e. The monoisotopic (exact) mass is 343 g/mol. The molecule has 0 aromatic carbocycles. The van der Waals surface area contributed by atoms with Crippen molar-refractivity contribution in [3.8, 4) is 0 Å². The maximum Gasteiger partial charge on any atom is 0.325 e. The molecular weight excluding hydrogens is 302 g/mol. The highest BCUT2D eigenvalue weighted by atomic mass is 16.6. The van der Waals surface area contributed by atoms with Crippen molar-refractivity contribution in [1.29, 1.82) is 0 Å². The van der Waals surface area contributed by atoms with Crippen LogP contribution in [0.15, 0.2) is 0 Å². The van der Waals surface area contributed by atoms with Crippen LogP contribution in [0.25, 0.3) is 0 Å². The third-order valence-corrected chi connectivity index (χ3v) is 3.31. The maximum absolute atomic E-state index is 11.4. The van der Waals surface area contributed by atoms with Gasteiger partial charge in [-0.15, -0.1) is 0 Å². The number of hydrogen-bond acceptors (Lipinski definition) is 3. The molecule has 1 amide bonds. The lowest BCUT2D eigenvalue weighted by molar-refractivity contribution is -0.154. The number of carbonyl (C=O) groups excluding carboxylic acids is 2. The number of nitrogens with one attached hydrogen (secondary N) is 1. The molecule has 1 N–H and O–H groups in total. The van der Waals surface area contributed by atoms with E-state index in [1.54, 1.807) is 20.8 Å². The van der Waals surface area contributed by atoms with E-state index < -0.39 is 5.60 Å². The molecule has 4 nitrogen and oxygen atoms in total. The summed E-state index contributed by atoms with van der Waals surface area (Å²) in [4.78, 5) is 22.8. The van der Waals surface area contributed by atoms with E-state index in [1.807, 2.05) is 0 Å². The van der Waals surface area contributed by atoms with E-state index >= 15 is 0 Å². The lowest BCUT2D eigenvalue weighted by atomic mass is 10.1. The summed E-state index contributed by atoms with van der Waals surface area (Å²) in [6, 6.07) is 0. The van der Waals surface area contributed by atoms with Crippen LogP contribution in [0.2, 0.25) is 0 Å². The number of rotatable bonds is 11. The summed E-state index contributed by atoms with van der Waals surface area (Å²) in [5.74, 6) is -0.459. The van der Waals surface area contributed by atoms with Gasteiger partial charge in [0.15, 0.2) is 0 Å². The molecule has 0 unspecified atom stereocenters. The molecule has 0 aromatic heterocycles. The minimum absolute atomic E-state index is 0.0366. The van der Waals surface area contributed by atoms with E-state index in [0.29, 0.717) is 6.42 Å². The predicted molar refractivity (Wildman–Crippen MR) is 102 cm³/mol. The summed E-state index contributed by atoms with van der Waals surface area (Å²) < 4.78 is 5.09. The maximum atomic E-state index is 11.4. The Kier molecular flexibility index (Phi) is 17.6. The van der Waals surface area contributed by atoms with Crippen molar-refractivity contribution in [2.45, 2.75) is 111 Å². The third kappa shape index (κ3) is 23.2. The average Bonchev–Trinajstić information content (AvgIpc) is 2.49. The molecule has 0 aliphatic heterocycles. The van der Waals surface area contributed by atoms with Crippen LogP contribution in [0.5, 0.6) is 0 Å². The van der Waals surface area contributed by atoms with Crippen LogP contribution in [0.1, 0.15) is 106 Å². The van der Waals surface area contributed by atoms with E-state index in [1.165, 1.54) is 44.9 Å². The molecule has 0 aromatic rings. The van der Waals surface area contributed by atoms with E-state index in [-0.39, 0.29) is 18.4 Å². The van der Waals surface area contributed by atoms with Gasteiger partial charge >= 0.3 is 5.97 Å². The number of ether oxygens (including phenoxy) is 1. The second-order valence-electron chi connectivity index (χ2n) is 7.23. The third-order valence-electron chi connectivity index (χ3n) is 3.31. The van der Waals surface area contributed by atoms with Crippen molar-refractivity contribution < 1.29 is 14.3 Å². The van der Waals surface area contributed by atoms with Crippen LogP contribution in [0.3, 0.4) is 0 Å². The van der Waals surface area contributed by atoms with Gasteiger partial charge in [-0.25, -0.2) is 0 Å². The lowest BCUT2D eigenvalue weighted by Gasteiger charge is -2.19. The molecule has 4 heteroatoms. The van der Waals surface area contributed by atoms with Crippen LogP contribution in [-0.4, -0.2) is 24.0 Å². The van der Waals surface area contributed by atoms with Gasteiger partial charge in [-0.1, -0.05) is 72.1 Å². The fraction of sp³-hybridized carbons (Fsp3) is 0.900. The molecular formula is C20H41NO3. The summed E-state index contributed by atoms with van der Waals surface area (Å²) >= 11 is 0. The van der Waals surface area contributed by atoms with Crippen molar-refractivity contribution in [3.63, 3.8) is 0 Å². The fourth-order valence-corrected chi connectivity index (χ4v) is 2.03. The normalized spacial score (nSPS) is 10.6. The van der Waals surface area contributed by atoms with Gasteiger partial charge in [0.1, 0.15) is 12.1 Å². The second kappa shape index (κ2) is 16.8. The fourth-order valence-electron chi connectivity index (χ4n) is 2.03. The number of unbranched alkanes of at least 4 members (excludes halogenated alkanes) is 7. The minimum Gasteiger partial charge on any atom is -0.459 e. The molecule has 0 heterocycles. The number of carbonyl (C=O) groups is 2.